The molecule has 1 atom stereocenters. The fourth-order valence-corrected chi connectivity index (χ4v) is 2.21. The zero-order valence-corrected chi connectivity index (χ0v) is 10.3. The van der Waals surface area contributed by atoms with E-state index in [0.29, 0.717) is 6.54 Å². The van der Waals surface area contributed by atoms with Crippen molar-refractivity contribution in [2.75, 3.05) is 6.54 Å². The topological polar surface area (TPSA) is 61.0 Å². The molecule has 4 nitrogen and oxygen atoms in total. The maximum Gasteiger partial charge on any atom is 0.132 e. The van der Waals surface area contributed by atoms with Gasteiger partial charge in [0.15, 0.2) is 0 Å². The highest BCUT2D eigenvalue weighted by Gasteiger charge is 2.24. The smallest absolute Gasteiger partial charge is 0.132 e. The summed E-state index contributed by atoms with van der Waals surface area (Å²) in [6, 6.07) is 10.0. The first kappa shape index (κ1) is 11.2. The Morgan fingerprint density at radius 3 is 2.89 bits per heavy atom. The summed E-state index contributed by atoms with van der Waals surface area (Å²) in [6.07, 6.45) is 0.957. The molecule has 0 unspecified atom stereocenters. The van der Waals surface area contributed by atoms with Crippen LogP contribution in [-0.4, -0.2) is 22.8 Å². The first-order valence-electron chi connectivity index (χ1n) is 6.07. The molecule has 0 spiro atoms. The normalized spacial score (nSPS) is 17.3. The van der Waals surface area contributed by atoms with Crippen LogP contribution >= 0.6 is 0 Å². The Labute approximate surface area is 106 Å². The van der Waals surface area contributed by atoms with Crippen molar-refractivity contribution < 1.29 is 4.74 Å². The third kappa shape index (κ3) is 1.84. The molecule has 1 aromatic heterocycles. The molecule has 1 aliphatic heterocycles. The van der Waals surface area contributed by atoms with Gasteiger partial charge >= 0.3 is 0 Å². The van der Waals surface area contributed by atoms with Crippen molar-refractivity contribution in [3.8, 4) is 17.0 Å². The van der Waals surface area contributed by atoms with Crippen molar-refractivity contribution in [1.29, 1.82) is 0 Å². The van der Waals surface area contributed by atoms with Crippen LogP contribution in [0.15, 0.2) is 30.3 Å². The minimum absolute atomic E-state index is 0.0829. The van der Waals surface area contributed by atoms with Crippen LogP contribution in [0.4, 0.5) is 0 Å². The Hall–Kier alpha value is -1.94. The van der Waals surface area contributed by atoms with E-state index in [2.05, 4.69) is 16.3 Å². The van der Waals surface area contributed by atoms with Crippen molar-refractivity contribution in [2.24, 2.45) is 5.73 Å². The van der Waals surface area contributed by atoms with Crippen LogP contribution in [0.1, 0.15) is 11.3 Å². The number of ether oxygens (including phenoxy) is 1. The quantitative estimate of drug-likeness (QED) is 0.869. The average Bonchev–Trinajstić information content (AvgIpc) is 2.82. The molecule has 2 N–H and O–H groups in total. The van der Waals surface area contributed by atoms with Crippen LogP contribution in [0.3, 0.4) is 0 Å². The van der Waals surface area contributed by atoms with Gasteiger partial charge in [0.05, 0.1) is 11.4 Å². The Morgan fingerprint density at radius 2 is 2.17 bits per heavy atom. The Bertz CT molecular complexity index is 566. The lowest BCUT2D eigenvalue weighted by Crippen LogP contribution is -2.24. The molecular formula is C14H15N3O. The first-order valence-corrected chi connectivity index (χ1v) is 6.07. The van der Waals surface area contributed by atoms with Gasteiger partial charge in [-0.25, -0.2) is 0 Å². The molecule has 0 saturated heterocycles. The minimum Gasteiger partial charge on any atom is -0.488 e. The summed E-state index contributed by atoms with van der Waals surface area (Å²) >= 11 is 0. The molecule has 2 heterocycles. The van der Waals surface area contributed by atoms with E-state index in [1.165, 1.54) is 5.56 Å². The van der Waals surface area contributed by atoms with Crippen molar-refractivity contribution in [3.05, 3.63) is 41.6 Å². The molecule has 0 saturated carbocycles. The lowest BCUT2D eigenvalue weighted by Gasteiger charge is -2.10. The van der Waals surface area contributed by atoms with Gasteiger partial charge in [0, 0.05) is 18.5 Å². The second-order valence-electron chi connectivity index (χ2n) is 4.53. The summed E-state index contributed by atoms with van der Waals surface area (Å²) < 4.78 is 5.88. The lowest BCUT2D eigenvalue weighted by molar-refractivity contribution is 0.242. The number of aryl methyl sites for hydroxylation is 1. The number of para-hydroxylation sites is 1. The molecular weight excluding hydrogens is 226 g/mol. The van der Waals surface area contributed by atoms with Crippen LogP contribution in [0.5, 0.6) is 5.75 Å². The molecule has 0 radical (unpaired) electrons. The molecule has 0 fully saturated rings. The Balaban J connectivity index is 2.05. The van der Waals surface area contributed by atoms with Gasteiger partial charge in [-0.3, -0.25) is 0 Å². The summed E-state index contributed by atoms with van der Waals surface area (Å²) in [4.78, 5) is 0. The molecule has 0 amide bonds. The van der Waals surface area contributed by atoms with E-state index < -0.39 is 0 Å². The standard InChI is InChI=1S/C14H15N3O/c1-9-5-6-13(17-16-9)12-4-2-3-10-7-11(8-15)18-14(10)12/h2-6,11H,7-8,15H2,1H3/t11-/m1/s1. The van der Waals surface area contributed by atoms with Gasteiger partial charge in [0.25, 0.3) is 0 Å². The number of fused-ring (bicyclic) bond motifs is 1. The van der Waals surface area contributed by atoms with E-state index in [4.69, 9.17) is 10.5 Å². The van der Waals surface area contributed by atoms with Gasteiger partial charge in [0.2, 0.25) is 0 Å². The molecule has 1 aromatic carbocycles. The van der Waals surface area contributed by atoms with Crippen LogP contribution < -0.4 is 10.5 Å². The largest absolute Gasteiger partial charge is 0.488 e. The molecule has 2 aromatic rings. The fraction of sp³-hybridized carbons (Fsp3) is 0.286. The SMILES string of the molecule is Cc1ccc(-c2cccc3c2O[C@@H](CN)C3)nn1. The van der Waals surface area contributed by atoms with E-state index in [1.807, 2.05) is 31.2 Å². The zero-order chi connectivity index (χ0) is 12.5. The predicted octanol–water partition coefficient (Wildman–Crippen LogP) is 1.71. The maximum atomic E-state index is 5.88. The van der Waals surface area contributed by atoms with Crippen molar-refractivity contribution >= 4 is 0 Å². The van der Waals surface area contributed by atoms with Crippen molar-refractivity contribution in [2.45, 2.75) is 19.4 Å². The number of nitrogens with two attached hydrogens (primary N) is 1. The summed E-state index contributed by atoms with van der Waals surface area (Å²) in [6.45, 7) is 2.46. The van der Waals surface area contributed by atoms with Gasteiger partial charge in [-0.05, 0) is 30.7 Å². The van der Waals surface area contributed by atoms with Crippen LogP contribution in [0, 0.1) is 6.92 Å². The highest BCUT2D eigenvalue weighted by Crippen LogP contribution is 2.37. The molecule has 0 aliphatic carbocycles. The van der Waals surface area contributed by atoms with Crippen LogP contribution in [-0.2, 0) is 6.42 Å². The molecule has 1 aliphatic rings. The van der Waals surface area contributed by atoms with Gasteiger partial charge in [-0.1, -0.05) is 12.1 Å². The van der Waals surface area contributed by atoms with E-state index in [-0.39, 0.29) is 6.10 Å². The molecule has 4 heteroatoms. The Kier molecular flexibility index (Phi) is 2.72. The van der Waals surface area contributed by atoms with Crippen molar-refractivity contribution in [3.63, 3.8) is 0 Å². The third-order valence-electron chi connectivity index (χ3n) is 3.17. The summed E-state index contributed by atoms with van der Waals surface area (Å²) in [7, 11) is 0. The second-order valence-corrected chi connectivity index (χ2v) is 4.53. The predicted molar refractivity (Wildman–Crippen MR) is 69.4 cm³/mol. The third-order valence-corrected chi connectivity index (χ3v) is 3.17. The van der Waals surface area contributed by atoms with Crippen LogP contribution in [0.25, 0.3) is 11.3 Å². The molecule has 18 heavy (non-hydrogen) atoms. The average molecular weight is 241 g/mol. The fourth-order valence-electron chi connectivity index (χ4n) is 2.21. The lowest BCUT2D eigenvalue weighted by atomic mass is 10.0. The number of nitrogens with zero attached hydrogens (tertiary/aromatic N) is 2. The summed E-state index contributed by atoms with van der Waals surface area (Å²) in [5, 5.41) is 8.31. The number of aromatic nitrogens is 2. The van der Waals surface area contributed by atoms with E-state index in [0.717, 1.165) is 29.1 Å². The number of benzene rings is 1. The summed E-state index contributed by atoms with van der Waals surface area (Å²) in [5.41, 5.74) is 9.62. The van der Waals surface area contributed by atoms with E-state index >= 15 is 0 Å². The van der Waals surface area contributed by atoms with E-state index in [9.17, 15) is 0 Å². The molecule has 3 rings (SSSR count). The number of rotatable bonds is 2. The number of hydrogen-bond acceptors (Lipinski definition) is 4. The molecule has 92 valence electrons. The maximum absolute atomic E-state index is 5.88. The van der Waals surface area contributed by atoms with Gasteiger partial charge in [-0.15, -0.1) is 0 Å². The monoisotopic (exact) mass is 241 g/mol. The second kappa shape index (κ2) is 4.38. The van der Waals surface area contributed by atoms with Gasteiger partial charge in [0.1, 0.15) is 11.9 Å². The molecule has 0 bridgehead atoms. The highest BCUT2D eigenvalue weighted by atomic mass is 16.5. The number of hydrogen-bond donors (Lipinski definition) is 1. The van der Waals surface area contributed by atoms with Crippen molar-refractivity contribution in [1.82, 2.24) is 10.2 Å². The highest BCUT2D eigenvalue weighted by molar-refractivity contribution is 5.69. The van der Waals surface area contributed by atoms with Gasteiger partial charge < -0.3 is 10.5 Å². The zero-order valence-electron chi connectivity index (χ0n) is 10.3. The Morgan fingerprint density at radius 1 is 1.28 bits per heavy atom. The van der Waals surface area contributed by atoms with E-state index in [1.54, 1.807) is 0 Å². The van der Waals surface area contributed by atoms with Crippen LogP contribution in [0.2, 0.25) is 0 Å². The minimum atomic E-state index is 0.0829. The summed E-state index contributed by atoms with van der Waals surface area (Å²) in [5.74, 6) is 0.908. The first-order chi connectivity index (χ1) is 8.78. The van der Waals surface area contributed by atoms with Gasteiger partial charge in [-0.2, -0.15) is 10.2 Å².